The SMILES string of the molecule is CC=CC(=O)OCCCOc1ccc(C2(c3ccc(OCCCOC(=O)C=CC)cc3)c3ccccc3Cc3ccccc32)cc1. The van der Waals surface area contributed by atoms with E-state index < -0.39 is 5.41 Å². The predicted octanol–water partition coefficient (Wildman–Crippen LogP) is 7.75. The number of fused-ring (bicyclic) bond motifs is 2. The highest BCUT2D eigenvalue weighted by molar-refractivity contribution is 5.82. The number of rotatable bonds is 14. The Labute approximate surface area is 271 Å². The molecule has 0 atom stereocenters. The average Bonchev–Trinajstić information content (AvgIpc) is 3.08. The Morgan fingerprint density at radius 2 is 1.00 bits per heavy atom. The molecule has 0 saturated heterocycles. The number of carbonyl (C=O) groups excluding carboxylic acids is 2. The highest BCUT2D eigenvalue weighted by Crippen LogP contribution is 2.51. The summed E-state index contributed by atoms with van der Waals surface area (Å²) >= 11 is 0. The molecule has 6 nitrogen and oxygen atoms in total. The summed E-state index contributed by atoms with van der Waals surface area (Å²) in [6, 6.07) is 34.1. The topological polar surface area (TPSA) is 71.1 Å². The molecule has 0 fully saturated rings. The Kier molecular flexibility index (Phi) is 11.1. The highest BCUT2D eigenvalue weighted by atomic mass is 16.5. The number of ether oxygens (including phenoxy) is 4. The summed E-state index contributed by atoms with van der Waals surface area (Å²) in [5.41, 5.74) is 6.81. The zero-order valence-corrected chi connectivity index (χ0v) is 26.4. The van der Waals surface area contributed by atoms with Crippen molar-refractivity contribution < 1.29 is 28.5 Å². The van der Waals surface area contributed by atoms with Crippen LogP contribution in [0.3, 0.4) is 0 Å². The minimum atomic E-state index is -0.551. The quantitative estimate of drug-likeness (QED) is 0.0722. The molecule has 0 amide bonds. The second-order valence-electron chi connectivity index (χ2n) is 11.0. The molecule has 0 unspecified atom stereocenters. The fourth-order valence-electron chi connectivity index (χ4n) is 6.03. The van der Waals surface area contributed by atoms with Gasteiger partial charge in [-0.2, -0.15) is 0 Å². The van der Waals surface area contributed by atoms with Crippen molar-refractivity contribution in [3.63, 3.8) is 0 Å². The lowest BCUT2D eigenvalue weighted by molar-refractivity contribution is -0.138. The molecule has 4 aromatic rings. The van der Waals surface area contributed by atoms with Gasteiger partial charge in [0.1, 0.15) is 11.5 Å². The first-order valence-corrected chi connectivity index (χ1v) is 15.8. The van der Waals surface area contributed by atoms with Gasteiger partial charge in [0, 0.05) is 25.0 Å². The molecular formula is C40H40O6. The third-order valence-electron chi connectivity index (χ3n) is 8.01. The molecule has 0 heterocycles. The molecule has 0 saturated carbocycles. The van der Waals surface area contributed by atoms with Crippen LogP contribution in [0.15, 0.2) is 121 Å². The number of esters is 2. The van der Waals surface area contributed by atoms with Crippen LogP contribution in [0.1, 0.15) is 60.1 Å². The van der Waals surface area contributed by atoms with Crippen molar-refractivity contribution in [2.24, 2.45) is 0 Å². The maximum Gasteiger partial charge on any atom is 0.330 e. The lowest BCUT2D eigenvalue weighted by Crippen LogP contribution is -2.36. The zero-order valence-electron chi connectivity index (χ0n) is 26.4. The Balaban J connectivity index is 1.40. The minimum Gasteiger partial charge on any atom is -0.493 e. The number of benzene rings is 4. The van der Waals surface area contributed by atoms with Crippen LogP contribution in [-0.4, -0.2) is 38.4 Å². The smallest absolute Gasteiger partial charge is 0.330 e. The molecule has 0 aromatic heterocycles. The molecule has 0 radical (unpaired) electrons. The van der Waals surface area contributed by atoms with Gasteiger partial charge in [-0.15, -0.1) is 0 Å². The molecule has 1 aliphatic rings. The molecule has 5 rings (SSSR count). The van der Waals surface area contributed by atoms with Gasteiger partial charge in [-0.1, -0.05) is 84.9 Å². The highest BCUT2D eigenvalue weighted by Gasteiger charge is 2.43. The molecule has 236 valence electrons. The number of hydrogen-bond acceptors (Lipinski definition) is 6. The summed E-state index contributed by atoms with van der Waals surface area (Å²) in [6.07, 6.45) is 8.21. The van der Waals surface area contributed by atoms with Gasteiger partial charge < -0.3 is 18.9 Å². The Hall–Kier alpha value is -5.10. The second-order valence-corrected chi connectivity index (χ2v) is 11.0. The van der Waals surface area contributed by atoms with Crippen LogP contribution in [0.25, 0.3) is 0 Å². The molecule has 4 aromatic carbocycles. The fourth-order valence-corrected chi connectivity index (χ4v) is 6.03. The molecule has 46 heavy (non-hydrogen) atoms. The molecular weight excluding hydrogens is 576 g/mol. The number of hydrogen-bond donors (Lipinski definition) is 0. The molecule has 0 spiro atoms. The third kappa shape index (κ3) is 7.40. The van der Waals surface area contributed by atoms with E-state index in [1.54, 1.807) is 26.0 Å². The molecule has 6 heteroatoms. The van der Waals surface area contributed by atoms with Gasteiger partial charge in [-0.25, -0.2) is 9.59 Å². The van der Waals surface area contributed by atoms with Gasteiger partial charge in [0.25, 0.3) is 0 Å². The summed E-state index contributed by atoms with van der Waals surface area (Å²) in [5, 5.41) is 0. The molecule has 0 N–H and O–H groups in total. The maximum atomic E-state index is 11.5. The Morgan fingerprint density at radius 3 is 1.41 bits per heavy atom. The number of allylic oxidation sites excluding steroid dienone is 2. The first-order valence-electron chi connectivity index (χ1n) is 15.8. The first-order chi connectivity index (χ1) is 22.6. The summed E-state index contributed by atoms with van der Waals surface area (Å²) in [4.78, 5) is 23.1. The van der Waals surface area contributed by atoms with Crippen molar-refractivity contribution >= 4 is 11.9 Å². The van der Waals surface area contributed by atoms with E-state index in [1.165, 1.54) is 34.4 Å². The van der Waals surface area contributed by atoms with Crippen LogP contribution in [0, 0.1) is 0 Å². The molecule has 0 aliphatic heterocycles. The summed E-state index contributed by atoms with van der Waals surface area (Å²) in [7, 11) is 0. The van der Waals surface area contributed by atoms with Crippen molar-refractivity contribution in [2.45, 2.75) is 38.5 Å². The Bertz CT molecular complexity index is 1540. The largest absolute Gasteiger partial charge is 0.493 e. The predicted molar refractivity (Wildman–Crippen MR) is 179 cm³/mol. The normalized spacial score (nSPS) is 13.2. The van der Waals surface area contributed by atoms with Crippen LogP contribution in [0.2, 0.25) is 0 Å². The van der Waals surface area contributed by atoms with Gasteiger partial charge in [0.15, 0.2) is 0 Å². The molecule has 1 aliphatic carbocycles. The van der Waals surface area contributed by atoms with Crippen molar-refractivity contribution in [1.29, 1.82) is 0 Å². The van der Waals surface area contributed by atoms with E-state index in [0.717, 1.165) is 29.0 Å². The van der Waals surface area contributed by atoms with Crippen LogP contribution in [0.4, 0.5) is 0 Å². The van der Waals surface area contributed by atoms with E-state index in [0.29, 0.717) is 39.3 Å². The van der Waals surface area contributed by atoms with E-state index in [2.05, 4.69) is 72.8 Å². The van der Waals surface area contributed by atoms with Crippen LogP contribution in [0.5, 0.6) is 11.5 Å². The van der Waals surface area contributed by atoms with E-state index in [4.69, 9.17) is 18.9 Å². The van der Waals surface area contributed by atoms with Crippen molar-refractivity contribution in [3.05, 3.63) is 155 Å². The van der Waals surface area contributed by atoms with Gasteiger partial charge >= 0.3 is 11.9 Å². The van der Waals surface area contributed by atoms with Crippen molar-refractivity contribution in [2.75, 3.05) is 26.4 Å². The average molecular weight is 617 g/mol. The van der Waals surface area contributed by atoms with Crippen LogP contribution in [-0.2, 0) is 30.9 Å². The van der Waals surface area contributed by atoms with E-state index in [-0.39, 0.29) is 11.9 Å². The minimum absolute atomic E-state index is 0.307. The summed E-state index contributed by atoms with van der Waals surface area (Å²) in [5.74, 6) is 0.841. The van der Waals surface area contributed by atoms with Gasteiger partial charge in [0.05, 0.1) is 31.8 Å². The third-order valence-corrected chi connectivity index (χ3v) is 8.01. The monoisotopic (exact) mass is 616 g/mol. The second kappa shape index (κ2) is 15.8. The standard InChI is InChI=1S/C40H40O6/c1-3-11-38(41)45-27-9-25-43-34-21-17-32(18-22-34)40(36-15-7-5-13-30(36)29-31-14-6-8-16-37(31)40)33-19-23-35(24-20-33)44-26-10-28-46-39(42)12-4-2/h3-8,11-24H,9-10,25-29H2,1-2H3. The number of carbonyl (C=O) groups is 2. The van der Waals surface area contributed by atoms with Crippen molar-refractivity contribution in [3.8, 4) is 11.5 Å². The van der Waals surface area contributed by atoms with E-state index >= 15 is 0 Å². The van der Waals surface area contributed by atoms with Crippen LogP contribution < -0.4 is 9.47 Å². The van der Waals surface area contributed by atoms with Crippen molar-refractivity contribution in [1.82, 2.24) is 0 Å². The lowest BCUT2D eigenvalue weighted by atomic mass is 9.60. The van der Waals surface area contributed by atoms with Gasteiger partial charge in [-0.05, 0) is 77.9 Å². The Morgan fingerprint density at radius 1 is 0.587 bits per heavy atom. The fraction of sp³-hybridized carbons (Fsp3) is 0.250. The summed E-state index contributed by atoms with van der Waals surface area (Å²) < 4.78 is 22.4. The van der Waals surface area contributed by atoms with Gasteiger partial charge in [-0.3, -0.25) is 0 Å². The molecule has 0 bridgehead atoms. The first kappa shape index (κ1) is 32.3. The van der Waals surface area contributed by atoms with E-state index in [9.17, 15) is 9.59 Å². The lowest BCUT2D eigenvalue weighted by Gasteiger charge is -2.42. The van der Waals surface area contributed by atoms with E-state index in [1.807, 2.05) is 24.3 Å². The zero-order chi connectivity index (χ0) is 32.2. The van der Waals surface area contributed by atoms with Crippen LogP contribution >= 0.6 is 0 Å². The maximum absolute atomic E-state index is 11.5. The van der Waals surface area contributed by atoms with Gasteiger partial charge in [0.2, 0.25) is 0 Å². The summed E-state index contributed by atoms with van der Waals surface area (Å²) in [6.45, 7) is 5.07.